The van der Waals surface area contributed by atoms with E-state index in [0.717, 1.165) is 6.04 Å². The lowest BCUT2D eigenvalue weighted by Crippen LogP contribution is -2.42. The summed E-state index contributed by atoms with van der Waals surface area (Å²) in [5.74, 6) is 0. The van der Waals surface area contributed by atoms with Crippen LogP contribution in [-0.2, 0) is 0 Å². The second kappa shape index (κ2) is 6.49. The summed E-state index contributed by atoms with van der Waals surface area (Å²) in [7, 11) is 0. The Balaban J connectivity index is 2.41. The molecule has 90 valence electrons. The maximum absolute atomic E-state index is 2.69. The normalized spacial score (nSPS) is 23.2. The van der Waals surface area contributed by atoms with E-state index in [-0.39, 0.29) is 0 Å². The van der Waals surface area contributed by atoms with E-state index in [4.69, 9.17) is 0 Å². The van der Waals surface area contributed by atoms with Crippen LogP contribution in [0.25, 0.3) is 0 Å². The number of hydrogen-bond donors (Lipinski definition) is 0. The van der Waals surface area contributed by atoms with Crippen LogP contribution in [-0.4, -0.2) is 48.1 Å². The molecule has 1 heterocycles. The molecule has 1 fully saturated rings. The van der Waals surface area contributed by atoms with E-state index < -0.39 is 0 Å². The maximum Gasteiger partial charge on any atom is 0.0238 e. The van der Waals surface area contributed by atoms with E-state index in [2.05, 4.69) is 37.5 Å². The topological polar surface area (TPSA) is 6.48 Å². The first-order chi connectivity index (χ1) is 7.19. The molecule has 0 aromatic carbocycles. The highest BCUT2D eigenvalue weighted by Gasteiger charge is 2.27. The van der Waals surface area contributed by atoms with Crippen LogP contribution >= 0.6 is 0 Å². The van der Waals surface area contributed by atoms with Crippen molar-refractivity contribution in [3.8, 4) is 0 Å². The van der Waals surface area contributed by atoms with Crippen molar-refractivity contribution in [3.63, 3.8) is 0 Å². The smallest absolute Gasteiger partial charge is 0.0238 e. The lowest BCUT2D eigenvalue weighted by atomic mass is 10.1. The Morgan fingerprint density at radius 3 is 2.53 bits per heavy atom. The summed E-state index contributed by atoms with van der Waals surface area (Å²) in [5.41, 5.74) is 0. The van der Waals surface area contributed by atoms with Crippen LogP contribution in [0, 0.1) is 0 Å². The van der Waals surface area contributed by atoms with Crippen LogP contribution < -0.4 is 0 Å². The van der Waals surface area contributed by atoms with Gasteiger partial charge in [-0.05, 0) is 52.7 Å². The molecule has 0 aromatic heterocycles. The molecule has 2 heteroatoms. The molecule has 1 aliphatic rings. The largest absolute Gasteiger partial charge is 0.302 e. The van der Waals surface area contributed by atoms with E-state index >= 15 is 0 Å². The van der Waals surface area contributed by atoms with Crippen molar-refractivity contribution in [2.75, 3.05) is 26.2 Å². The molecule has 0 spiro atoms. The molecule has 1 aliphatic heterocycles. The summed E-state index contributed by atoms with van der Waals surface area (Å²) in [5, 5.41) is 0. The lowest BCUT2D eigenvalue weighted by molar-refractivity contribution is 0.152. The fourth-order valence-corrected chi connectivity index (χ4v) is 2.72. The monoisotopic (exact) mass is 212 g/mol. The van der Waals surface area contributed by atoms with Gasteiger partial charge in [-0.15, -0.1) is 0 Å². The van der Waals surface area contributed by atoms with Crippen LogP contribution in [0.4, 0.5) is 0 Å². The van der Waals surface area contributed by atoms with Gasteiger partial charge in [-0.2, -0.15) is 0 Å². The van der Waals surface area contributed by atoms with E-state index in [9.17, 15) is 0 Å². The van der Waals surface area contributed by atoms with Gasteiger partial charge < -0.3 is 4.90 Å². The first-order valence-electron chi connectivity index (χ1n) is 6.67. The van der Waals surface area contributed by atoms with E-state index in [0.29, 0.717) is 6.04 Å². The van der Waals surface area contributed by atoms with Gasteiger partial charge in [0.25, 0.3) is 0 Å². The molecule has 0 aromatic rings. The van der Waals surface area contributed by atoms with Crippen molar-refractivity contribution in [3.05, 3.63) is 0 Å². The highest BCUT2D eigenvalue weighted by Crippen LogP contribution is 2.18. The molecule has 1 unspecified atom stereocenters. The molecule has 2 nitrogen and oxygen atoms in total. The predicted octanol–water partition coefficient (Wildman–Crippen LogP) is 2.59. The van der Waals surface area contributed by atoms with Crippen LogP contribution in [0.2, 0.25) is 0 Å². The van der Waals surface area contributed by atoms with Gasteiger partial charge in [0, 0.05) is 18.6 Å². The van der Waals surface area contributed by atoms with E-state index in [1.165, 1.54) is 45.4 Å². The minimum atomic E-state index is 0.705. The minimum Gasteiger partial charge on any atom is -0.302 e. The number of likely N-dealkylation sites (tertiary alicyclic amines) is 1. The molecule has 15 heavy (non-hydrogen) atoms. The zero-order chi connectivity index (χ0) is 11.3. The first-order valence-corrected chi connectivity index (χ1v) is 6.67. The van der Waals surface area contributed by atoms with Gasteiger partial charge in [0.2, 0.25) is 0 Å². The highest BCUT2D eigenvalue weighted by molar-refractivity contribution is 4.84. The number of nitrogens with zero attached hydrogens (tertiary/aromatic N) is 2. The second-order valence-electron chi connectivity index (χ2n) is 5.07. The van der Waals surface area contributed by atoms with Crippen LogP contribution in [0.1, 0.15) is 47.0 Å². The molecular weight excluding hydrogens is 184 g/mol. The standard InChI is InChI=1S/C13H28N2/c1-5-8-14-10-7-13(11-14)15(9-6-2)12(3)4/h12-13H,5-11H2,1-4H3. The lowest BCUT2D eigenvalue weighted by Gasteiger charge is -2.32. The van der Waals surface area contributed by atoms with Crippen molar-refractivity contribution in [2.45, 2.75) is 59.0 Å². The van der Waals surface area contributed by atoms with Gasteiger partial charge in [0.05, 0.1) is 0 Å². The molecular formula is C13H28N2. The molecule has 0 aliphatic carbocycles. The zero-order valence-corrected chi connectivity index (χ0v) is 11.0. The average Bonchev–Trinajstić information content (AvgIpc) is 2.62. The minimum absolute atomic E-state index is 0.705. The third-order valence-corrected chi connectivity index (χ3v) is 3.40. The third-order valence-electron chi connectivity index (χ3n) is 3.40. The summed E-state index contributed by atoms with van der Waals surface area (Å²) in [6.07, 6.45) is 3.95. The predicted molar refractivity (Wildman–Crippen MR) is 67.3 cm³/mol. The zero-order valence-electron chi connectivity index (χ0n) is 11.0. The number of hydrogen-bond acceptors (Lipinski definition) is 2. The highest BCUT2D eigenvalue weighted by atomic mass is 15.3. The molecule has 0 saturated carbocycles. The summed E-state index contributed by atoms with van der Waals surface area (Å²) in [4.78, 5) is 5.31. The number of rotatable bonds is 6. The summed E-state index contributed by atoms with van der Waals surface area (Å²) in [6.45, 7) is 14.4. The van der Waals surface area contributed by atoms with Crippen molar-refractivity contribution in [1.82, 2.24) is 9.80 Å². The third kappa shape index (κ3) is 3.76. The summed E-state index contributed by atoms with van der Waals surface area (Å²) in [6, 6.07) is 1.52. The molecule has 0 bridgehead atoms. The van der Waals surface area contributed by atoms with Gasteiger partial charge >= 0.3 is 0 Å². The Bertz CT molecular complexity index is 168. The molecule has 0 N–H and O–H groups in total. The van der Waals surface area contributed by atoms with Crippen molar-refractivity contribution in [2.24, 2.45) is 0 Å². The molecule has 1 saturated heterocycles. The summed E-state index contributed by atoms with van der Waals surface area (Å²) < 4.78 is 0. The Morgan fingerprint density at radius 1 is 1.27 bits per heavy atom. The molecule has 1 atom stereocenters. The van der Waals surface area contributed by atoms with Crippen molar-refractivity contribution < 1.29 is 0 Å². The van der Waals surface area contributed by atoms with E-state index in [1.807, 2.05) is 0 Å². The van der Waals surface area contributed by atoms with Gasteiger partial charge in [0.15, 0.2) is 0 Å². The Kier molecular flexibility index (Phi) is 5.62. The van der Waals surface area contributed by atoms with Crippen LogP contribution in [0.5, 0.6) is 0 Å². The first kappa shape index (κ1) is 13.0. The Labute approximate surface area is 95.6 Å². The van der Waals surface area contributed by atoms with Gasteiger partial charge in [-0.3, -0.25) is 4.90 Å². The van der Waals surface area contributed by atoms with Gasteiger partial charge in [-0.25, -0.2) is 0 Å². The van der Waals surface area contributed by atoms with E-state index in [1.54, 1.807) is 0 Å². The maximum atomic E-state index is 2.69. The van der Waals surface area contributed by atoms with Crippen LogP contribution in [0.3, 0.4) is 0 Å². The molecule has 0 amide bonds. The summed E-state index contributed by atoms with van der Waals surface area (Å²) >= 11 is 0. The second-order valence-corrected chi connectivity index (χ2v) is 5.07. The van der Waals surface area contributed by atoms with Gasteiger partial charge in [0.1, 0.15) is 0 Å². The average molecular weight is 212 g/mol. The van der Waals surface area contributed by atoms with Gasteiger partial charge in [-0.1, -0.05) is 13.8 Å². The van der Waals surface area contributed by atoms with Crippen molar-refractivity contribution in [1.29, 1.82) is 0 Å². The SMILES string of the molecule is CCCN1CCC(N(CCC)C(C)C)C1. The molecule has 0 radical (unpaired) electrons. The fraction of sp³-hybridized carbons (Fsp3) is 1.00. The quantitative estimate of drug-likeness (QED) is 0.668. The Morgan fingerprint density at radius 2 is 2.00 bits per heavy atom. The fourth-order valence-electron chi connectivity index (χ4n) is 2.72. The van der Waals surface area contributed by atoms with Crippen LogP contribution in [0.15, 0.2) is 0 Å². The molecule has 1 rings (SSSR count). The van der Waals surface area contributed by atoms with Crippen molar-refractivity contribution >= 4 is 0 Å². The Hall–Kier alpha value is -0.0800.